The highest BCUT2D eigenvalue weighted by Crippen LogP contribution is 2.45. The molecule has 3 unspecified atom stereocenters. The number of hydrogen-bond donors (Lipinski definition) is 3. The van der Waals surface area contributed by atoms with E-state index in [1.165, 1.54) is 77.0 Å². The average Bonchev–Trinajstić information content (AvgIpc) is 3.39. The number of rotatable bonds is 57. The Morgan fingerprint density at radius 3 is 0.987 bits per heavy atom. The maximum absolute atomic E-state index is 12.9. The molecule has 0 heterocycles. The summed E-state index contributed by atoms with van der Waals surface area (Å²) in [5, 5.41) is 10.5. The molecule has 0 saturated heterocycles. The Balaban J connectivity index is 5.22. The second kappa shape index (κ2) is 51.0. The van der Waals surface area contributed by atoms with Crippen molar-refractivity contribution in [1.82, 2.24) is 0 Å². The summed E-state index contributed by atoms with van der Waals surface area (Å²) in [5.41, 5.74) is 0. The van der Waals surface area contributed by atoms with E-state index in [1.54, 1.807) is 0 Å². The van der Waals surface area contributed by atoms with Crippen molar-refractivity contribution >= 4 is 39.5 Å². The zero-order valence-electron chi connectivity index (χ0n) is 49.2. The SMILES string of the molecule is CCCCCCCCCCC(=O)OC[C@H](COP(=O)(O)OC[C@H](O)COP(=O)(O)OC[C@@H](COC(=O)CCCCCCCCC(C)C)OC(=O)CCCCCCCCCCC(C)CC)OC(=O)CCCCCCCCCC. The van der Waals surface area contributed by atoms with Crippen LogP contribution in [0.25, 0.3) is 0 Å². The number of aliphatic hydroxyl groups is 1. The molecule has 0 rings (SSSR count). The van der Waals surface area contributed by atoms with Crippen LogP contribution in [0.1, 0.15) is 279 Å². The van der Waals surface area contributed by atoms with Gasteiger partial charge in [-0.1, -0.05) is 228 Å². The van der Waals surface area contributed by atoms with Crippen molar-refractivity contribution in [2.24, 2.45) is 11.8 Å². The van der Waals surface area contributed by atoms with Crippen LogP contribution in [-0.2, 0) is 65.4 Å². The summed E-state index contributed by atoms with van der Waals surface area (Å²) in [6.07, 6.45) is 30.9. The Hall–Kier alpha value is -1.94. The first-order valence-electron chi connectivity index (χ1n) is 30.5. The van der Waals surface area contributed by atoms with Crippen LogP contribution in [0.3, 0.4) is 0 Å². The maximum Gasteiger partial charge on any atom is 0.472 e. The van der Waals surface area contributed by atoms with Crippen molar-refractivity contribution in [3.8, 4) is 0 Å². The lowest BCUT2D eigenvalue weighted by atomic mass is 9.99. The van der Waals surface area contributed by atoms with Gasteiger partial charge in [0.25, 0.3) is 0 Å². The molecule has 0 aromatic rings. The van der Waals surface area contributed by atoms with Gasteiger partial charge >= 0.3 is 39.5 Å². The second-order valence-electron chi connectivity index (χ2n) is 21.7. The number of esters is 4. The molecular formula is C58H112O17P2. The van der Waals surface area contributed by atoms with E-state index < -0.39 is 97.5 Å². The molecule has 456 valence electrons. The molecule has 3 N–H and O–H groups in total. The smallest absolute Gasteiger partial charge is 0.462 e. The summed E-state index contributed by atoms with van der Waals surface area (Å²) in [6, 6.07) is 0. The Labute approximate surface area is 467 Å². The third kappa shape index (κ3) is 51.9. The minimum atomic E-state index is -4.94. The summed E-state index contributed by atoms with van der Waals surface area (Å²) >= 11 is 0. The maximum atomic E-state index is 12.9. The molecule has 0 bridgehead atoms. The molecule has 77 heavy (non-hydrogen) atoms. The van der Waals surface area contributed by atoms with Gasteiger partial charge in [-0.15, -0.1) is 0 Å². The van der Waals surface area contributed by atoms with Crippen molar-refractivity contribution in [3.05, 3.63) is 0 Å². The molecule has 0 aliphatic heterocycles. The largest absolute Gasteiger partial charge is 0.472 e. The van der Waals surface area contributed by atoms with Gasteiger partial charge in [0, 0.05) is 25.7 Å². The lowest BCUT2D eigenvalue weighted by molar-refractivity contribution is -0.161. The molecule has 0 saturated carbocycles. The lowest BCUT2D eigenvalue weighted by Crippen LogP contribution is -2.30. The predicted octanol–water partition coefficient (Wildman–Crippen LogP) is 15.3. The zero-order chi connectivity index (χ0) is 57.3. The summed E-state index contributed by atoms with van der Waals surface area (Å²) in [5.74, 6) is -0.701. The number of carbonyl (C=O) groups is 4. The summed E-state index contributed by atoms with van der Waals surface area (Å²) in [4.78, 5) is 71.7. The van der Waals surface area contributed by atoms with E-state index >= 15 is 0 Å². The van der Waals surface area contributed by atoms with Crippen molar-refractivity contribution in [3.63, 3.8) is 0 Å². The lowest BCUT2D eigenvalue weighted by Gasteiger charge is -2.21. The summed E-state index contributed by atoms with van der Waals surface area (Å²) in [6.45, 7) is 9.30. The second-order valence-corrected chi connectivity index (χ2v) is 24.7. The normalized spacial score (nSPS) is 14.8. The van der Waals surface area contributed by atoms with E-state index in [4.69, 9.17) is 37.0 Å². The van der Waals surface area contributed by atoms with Gasteiger partial charge in [0.1, 0.15) is 19.3 Å². The first kappa shape index (κ1) is 75.1. The van der Waals surface area contributed by atoms with Gasteiger partial charge in [-0.25, -0.2) is 9.13 Å². The van der Waals surface area contributed by atoms with Gasteiger partial charge in [-0.2, -0.15) is 0 Å². The van der Waals surface area contributed by atoms with E-state index in [9.17, 15) is 43.2 Å². The van der Waals surface area contributed by atoms with E-state index in [1.807, 2.05) is 0 Å². The van der Waals surface area contributed by atoms with Crippen LogP contribution in [0.4, 0.5) is 0 Å². The van der Waals surface area contributed by atoms with Crippen LogP contribution in [0.15, 0.2) is 0 Å². The third-order valence-corrected chi connectivity index (χ3v) is 15.5. The molecule has 17 nitrogen and oxygen atoms in total. The Kier molecular flexibility index (Phi) is 49.7. The monoisotopic (exact) mass is 1140 g/mol. The van der Waals surface area contributed by atoms with Crippen LogP contribution in [-0.4, -0.2) is 96.7 Å². The summed E-state index contributed by atoms with van der Waals surface area (Å²) in [7, 11) is -9.87. The number of phosphoric ester groups is 2. The molecular weight excluding hydrogens is 1030 g/mol. The first-order valence-corrected chi connectivity index (χ1v) is 33.5. The molecule has 0 amide bonds. The van der Waals surface area contributed by atoms with Gasteiger partial charge in [0.05, 0.1) is 26.4 Å². The van der Waals surface area contributed by atoms with Crippen LogP contribution in [0.2, 0.25) is 0 Å². The van der Waals surface area contributed by atoms with Crippen LogP contribution in [0, 0.1) is 11.8 Å². The Bertz CT molecular complexity index is 1530. The number of ether oxygens (including phenoxy) is 4. The average molecular weight is 1140 g/mol. The fourth-order valence-corrected chi connectivity index (χ4v) is 10.0. The summed E-state index contributed by atoms with van der Waals surface area (Å²) < 4.78 is 67.6. The molecule has 19 heteroatoms. The highest BCUT2D eigenvalue weighted by atomic mass is 31.2. The van der Waals surface area contributed by atoms with Gasteiger partial charge in [-0.3, -0.25) is 37.3 Å². The van der Waals surface area contributed by atoms with Crippen molar-refractivity contribution in [1.29, 1.82) is 0 Å². The molecule has 0 aromatic carbocycles. The fraction of sp³-hybridized carbons (Fsp3) is 0.931. The zero-order valence-corrected chi connectivity index (χ0v) is 51.0. The van der Waals surface area contributed by atoms with E-state index in [-0.39, 0.29) is 25.7 Å². The standard InChI is InChI=1S/C58H112O17P2/c1-7-10-12-14-16-21-28-34-40-55(60)68-46-53(74-57(62)42-36-30-22-17-15-13-11-8-2)48-72-76(64,65)70-44-52(59)45-71-77(66,67)73-49-54(47-69-56(61)41-35-29-25-24-26-32-38-50(4)5)75-58(63)43-37-31-23-19-18-20-27-33-39-51(6)9-3/h50-54,59H,7-49H2,1-6H3,(H,64,65)(H,66,67)/t51?,52-,53+,54+/m0/s1. The van der Waals surface area contributed by atoms with E-state index in [0.717, 1.165) is 115 Å². The number of phosphoric acid groups is 2. The van der Waals surface area contributed by atoms with Crippen LogP contribution in [0.5, 0.6) is 0 Å². The highest BCUT2D eigenvalue weighted by molar-refractivity contribution is 7.47. The van der Waals surface area contributed by atoms with Crippen molar-refractivity contribution in [2.45, 2.75) is 297 Å². The molecule has 6 atom stereocenters. The first-order chi connectivity index (χ1) is 36.9. The quantitative estimate of drug-likeness (QED) is 0.0222. The molecule has 0 fully saturated rings. The molecule has 0 spiro atoms. The van der Waals surface area contributed by atoms with E-state index in [0.29, 0.717) is 31.6 Å². The van der Waals surface area contributed by atoms with Gasteiger partial charge < -0.3 is 33.8 Å². The number of aliphatic hydroxyl groups excluding tert-OH is 1. The number of unbranched alkanes of at least 4 members (excludes halogenated alkanes) is 26. The highest BCUT2D eigenvalue weighted by Gasteiger charge is 2.30. The van der Waals surface area contributed by atoms with Crippen molar-refractivity contribution < 1.29 is 80.2 Å². The van der Waals surface area contributed by atoms with Gasteiger partial charge in [0.15, 0.2) is 12.2 Å². The molecule has 0 aliphatic carbocycles. The number of carbonyl (C=O) groups excluding carboxylic acids is 4. The van der Waals surface area contributed by atoms with E-state index in [2.05, 4.69) is 41.5 Å². The molecule has 0 aromatic heterocycles. The van der Waals surface area contributed by atoms with Crippen LogP contribution < -0.4 is 0 Å². The Morgan fingerprint density at radius 2 is 0.662 bits per heavy atom. The topological polar surface area (TPSA) is 237 Å². The van der Waals surface area contributed by atoms with Crippen LogP contribution >= 0.6 is 15.6 Å². The number of hydrogen-bond acceptors (Lipinski definition) is 15. The van der Waals surface area contributed by atoms with Gasteiger partial charge in [-0.05, 0) is 37.5 Å². The molecule has 0 aliphatic rings. The predicted molar refractivity (Wildman–Crippen MR) is 303 cm³/mol. The Morgan fingerprint density at radius 1 is 0.377 bits per heavy atom. The molecule has 0 radical (unpaired) electrons. The minimum absolute atomic E-state index is 0.104. The van der Waals surface area contributed by atoms with Gasteiger partial charge in [0.2, 0.25) is 0 Å². The third-order valence-electron chi connectivity index (χ3n) is 13.6. The van der Waals surface area contributed by atoms with Crippen molar-refractivity contribution in [2.75, 3.05) is 39.6 Å². The minimum Gasteiger partial charge on any atom is -0.462 e. The fourth-order valence-electron chi connectivity index (χ4n) is 8.44.